The number of carbonyl (C=O) groups is 6. The number of benzene rings is 2. The van der Waals surface area contributed by atoms with E-state index in [2.05, 4.69) is 20.8 Å². The molecular formula is C40H50N8O6. The third kappa shape index (κ3) is 8.22. The van der Waals surface area contributed by atoms with Crippen LogP contribution in [0.1, 0.15) is 69.9 Å². The van der Waals surface area contributed by atoms with Gasteiger partial charge in [0.15, 0.2) is 0 Å². The molecule has 2 unspecified atom stereocenters. The third-order valence-electron chi connectivity index (χ3n) is 11.1. The van der Waals surface area contributed by atoms with E-state index in [1.807, 2.05) is 74.5 Å². The van der Waals surface area contributed by atoms with Crippen LogP contribution >= 0.6 is 0 Å². The Kier molecular flexibility index (Phi) is 12.2. The fraction of sp³-hybridized carbons (Fsp3) is 0.500. The minimum absolute atomic E-state index is 0.131. The second-order valence-electron chi connectivity index (χ2n) is 14.6. The summed E-state index contributed by atoms with van der Waals surface area (Å²) in [6.07, 6.45) is 6.21. The summed E-state index contributed by atoms with van der Waals surface area (Å²) in [4.78, 5) is 89.5. The summed E-state index contributed by atoms with van der Waals surface area (Å²) in [7, 11) is 1.55. The Balaban J connectivity index is 1.43. The van der Waals surface area contributed by atoms with Crippen LogP contribution in [0.3, 0.4) is 0 Å². The Bertz CT molecular complexity index is 1770. The molecule has 2 aromatic carbocycles. The predicted molar refractivity (Wildman–Crippen MR) is 202 cm³/mol. The predicted octanol–water partition coefficient (Wildman–Crippen LogP) is 2.27. The molecule has 2 fully saturated rings. The number of hydrazone groups is 2. The van der Waals surface area contributed by atoms with Gasteiger partial charge in [0.2, 0.25) is 23.6 Å². The number of carbonyl (C=O) groups excluding carboxylic acids is 6. The van der Waals surface area contributed by atoms with Crippen molar-refractivity contribution in [2.45, 2.75) is 108 Å². The molecule has 4 heterocycles. The molecule has 0 spiro atoms. The molecule has 4 aliphatic rings. The molecule has 6 rings (SSSR count). The number of rotatable bonds is 6. The van der Waals surface area contributed by atoms with Crippen molar-refractivity contribution in [2.75, 3.05) is 13.6 Å². The fourth-order valence-electron chi connectivity index (χ4n) is 7.71. The number of hydrogen-bond acceptors (Lipinski definition) is 8. The van der Waals surface area contributed by atoms with E-state index in [0.717, 1.165) is 21.1 Å². The van der Waals surface area contributed by atoms with Gasteiger partial charge in [-0.1, -0.05) is 80.9 Å². The summed E-state index contributed by atoms with van der Waals surface area (Å²) < 4.78 is 0. The van der Waals surface area contributed by atoms with Crippen molar-refractivity contribution in [3.63, 3.8) is 0 Å². The minimum atomic E-state index is -1.09. The normalized spacial score (nSPS) is 27.8. The largest absolute Gasteiger partial charge is 0.342 e. The summed E-state index contributed by atoms with van der Waals surface area (Å²) in [5.74, 6) is -3.44. The van der Waals surface area contributed by atoms with E-state index < -0.39 is 71.7 Å². The maximum absolute atomic E-state index is 14.7. The highest BCUT2D eigenvalue weighted by atomic mass is 16.2. The van der Waals surface area contributed by atoms with Crippen molar-refractivity contribution in [1.82, 2.24) is 30.5 Å². The molecule has 2 aromatic rings. The lowest BCUT2D eigenvalue weighted by molar-refractivity contribution is -0.157. The van der Waals surface area contributed by atoms with E-state index in [0.29, 0.717) is 38.6 Å². The first-order valence-electron chi connectivity index (χ1n) is 19.1. The van der Waals surface area contributed by atoms with Crippen LogP contribution in [0.5, 0.6) is 0 Å². The van der Waals surface area contributed by atoms with Gasteiger partial charge < -0.3 is 20.4 Å². The molecule has 2 N–H and O–H groups in total. The van der Waals surface area contributed by atoms with Gasteiger partial charge in [0.25, 0.3) is 11.8 Å². The van der Waals surface area contributed by atoms with Crippen molar-refractivity contribution >= 4 is 47.9 Å². The summed E-state index contributed by atoms with van der Waals surface area (Å²) in [5, 5.41) is 16.9. The molecule has 0 bridgehead atoms. The Hall–Kier alpha value is -5.40. The zero-order valence-electron chi connectivity index (χ0n) is 31.2. The summed E-state index contributed by atoms with van der Waals surface area (Å²) >= 11 is 0. The van der Waals surface area contributed by atoms with Crippen LogP contribution in [0.4, 0.5) is 0 Å². The summed E-state index contributed by atoms with van der Waals surface area (Å²) in [6, 6.07) is 12.4. The number of amides is 6. The van der Waals surface area contributed by atoms with Crippen molar-refractivity contribution < 1.29 is 28.8 Å². The quantitative estimate of drug-likeness (QED) is 0.462. The van der Waals surface area contributed by atoms with Crippen molar-refractivity contribution in [3.8, 4) is 0 Å². The first kappa shape index (κ1) is 38.3. The molecule has 0 radical (unpaired) electrons. The molecular weight excluding hydrogens is 688 g/mol. The van der Waals surface area contributed by atoms with Gasteiger partial charge in [-0.3, -0.25) is 28.8 Å². The fourth-order valence-corrected chi connectivity index (χ4v) is 7.71. The van der Waals surface area contributed by atoms with Gasteiger partial charge in [-0.25, -0.2) is 10.0 Å². The second kappa shape index (κ2) is 17.2. The summed E-state index contributed by atoms with van der Waals surface area (Å²) in [5.41, 5.74) is 1.61. The average molecular weight is 739 g/mol. The van der Waals surface area contributed by atoms with E-state index in [1.165, 1.54) is 9.80 Å². The second-order valence-corrected chi connectivity index (χ2v) is 14.6. The standard InChI is InChI=1S/C40H50N8O6/c1-4-26(2)34-40(54)48-32(19-12-22-42-48)39(53)47-31(18-11-21-41-47)37(51)45(3)33(25-28-16-9-6-10-17-28)38(52)46-23-13-20-30(46)36(50)43-29(35(49)44-34)24-27-14-7-5-8-15-27/h5-10,14-17,21-22,26,29-34H,4,11-13,18-20,23-25H2,1-3H3,(H,43,50)(H,44,49)/t26-,29+,30-,31?,32?,33+,34-/m0/s1. The van der Waals surface area contributed by atoms with E-state index in [9.17, 15) is 28.8 Å². The Labute approximate surface area is 316 Å². The number of likely N-dealkylation sites (N-methyl/N-ethyl adjacent to an activating group) is 1. The van der Waals surface area contributed by atoms with Gasteiger partial charge in [0.05, 0.1) is 0 Å². The monoisotopic (exact) mass is 738 g/mol. The topological polar surface area (TPSA) is 164 Å². The highest BCUT2D eigenvalue weighted by Gasteiger charge is 2.46. The third-order valence-corrected chi connectivity index (χ3v) is 11.1. The molecule has 14 nitrogen and oxygen atoms in total. The van der Waals surface area contributed by atoms with Gasteiger partial charge in [0.1, 0.15) is 36.3 Å². The first-order valence-corrected chi connectivity index (χ1v) is 19.1. The molecule has 7 atom stereocenters. The highest BCUT2D eigenvalue weighted by molar-refractivity contribution is 5.99. The molecule has 0 saturated carbocycles. The zero-order valence-corrected chi connectivity index (χ0v) is 31.2. The van der Waals surface area contributed by atoms with Crippen molar-refractivity contribution in [1.29, 1.82) is 0 Å². The Morgan fingerprint density at radius 1 is 0.685 bits per heavy atom. The molecule has 14 heteroatoms. The van der Waals surface area contributed by atoms with E-state index >= 15 is 0 Å². The molecule has 54 heavy (non-hydrogen) atoms. The van der Waals surface area contributed by atoms with Gasteiger partial charge in [-0.05, 0) is 55.6 Å². The van der Waals surface area contributed by atoms with E-state index in [4.69, 9.17) is 0 Å². The number of nitrogens with zero attached hydrogens (tertiary/aromatic N) is 6. The molecule has 2 saturated heterocycles. The van der Waals surface area contributed by atoms with Crippen LogP contribution in [0.15, 0.2) is 70.9 Å². The van der Waals surface area contributed by atoms with Gasteiger partial charge in [-0.15, -0.1) is 0 Å². The van der Waals surface area contributed by atoms with Gasteiger partial charge >= 0.3 is 0 Å². The number of hydrogen-bond donors (Lipinski definition) is 2. The van der Waals surface area contributed by atoms with Crippen LogP contribution in [0.2, 0.25) is 0 Å². The lowest BCUT2D eigenvalue weighted by Crippen LogP contribution is -2.63. The maximum atomic E-state index is 14.7. The Morgan fingerprint density at radius 3 is 1.87 bits per heavy atom. The van der Waals surface area contributed by atoms with Crippen LogP contribution in [0, 0.1) is 5.92 Å². The number of nitrogens with one attached hydrogen (secondary N) is 2. The van der Waals surface area contributed by atoms with Crippen LogP contribution in [-0.4, -0.2) is 118 Å². The van der Waals surface area contributed by atoms with Gasteiger partial charge in [0, 0.05) is 38.9 Å². The van der Waals surface area contributed by atoms with E-state index in [-0.39, 0.29) is 31.6 Å². The van der Waals surface area contributed by atoms with Crippen molar-refractivity contribution in [2.24, 2.45) is 16.1 Å². The smallest absolute Gasteiger partial charge is 0.268 e. The van der Waals surface area contributed by atoms with Crippen LogP contribution in [-0.2, 0) is 41.6 Å². The van der Waals surface area contributed by atoms with E-state index in [1.54, 1.807) is 19.5 Å². The van der Waals surface area contributed by atoms with Crippen LogP contribution < -0.4 is 10.6 Å². The molecule has 6 amide bonds. The average Bonchev–Trinajstić information content (AvgIpc) is 3.71. The molecule has 0 aromatic heterocycles. The zero-order chi connectivity index (χ0) is 38.4. The minimum Gasteiger partial charge on any atom is -0.342 e. The van der Waals surface area contributed by atoms with Crippen LogP contribution in [0.25, 0.3) is 0 Å². The molecule has 4 aliphatic heterocycles. The molecule has 286 valence electrons. The lowest BCUT2D eigenvalue weighted by Gasteiger charge is -2.40. The van der Waals surface area contributed by atoms with Crippen molar-refractivity contribution in [3.05, 3.63) is 71.8 Å². The first-order chi connectivity index (χ1) is 26.1. The maximum Gasteiger partial charge on any atom is 0.268 e. The molecule has 0 aliphatic carbocycles. The summed E-state index contributed by atoms with van der Waals surface area (Å²) in [6.45, 7) is 4.02. The number of fused-ring (bicyclic) bond motifs is 3. The SMILES string of the molecule is CC[C@H](C)[C@@H]1NC(=O)[C@@H](Cc2ccccc2)NC(=O)[C@@H]2CCCN2C(=O)[C@@H](Cc2ccccc2)N(C)C(=O)C2CCC=NN2C(=O)C2CCC=NN2C1=O. The highest BCUT2D eigenvalue weighted by Crippen LogP contribution is 2.27. The van der Waals surface area contributed by atoms with Gasteiger partial charge in [-0.2, -0.15) is 10.2 Å². The Morgan fingerprint density at radius 2 is 1.26 bits per heavy atom. The lowest BCUT2D eigenvalue weighted by atomic mass is 9.95.